The highest BCUT2D eigenvalue weighted by Crippen LogP contribution is 2.30. The fourth-order valence-electron chi connectivity index (χ4n) is 6.24. The first-order chi connectivity index (χ1) is 27.6. The molecule has 0 atom stereocenters. The number of benzene rings is 5. The van der Waals surface area contributed by atoms with E-state index in [-0.39, 0.29) is 0 Å². The van der Waals surface area contributed by atoms with Crippen LogP contribution in [0.3, 0.4) is 0 Å². The number of hydrogen-bond acceptors (Lipinski definition) is 0. The molecule has 1 aromatic heterocycles. The summed E-state index contributed by atoms with van der Waals surface area (Å²) >= 11 is 6.06. The Bertz CT molecular complexity index is 2280. The maximum absolute atomic E-state index is 15.4. The van der Waals surface area contributed by atoms with Crippen LogP contribution in [0, 0.1) is 116 Å². The van der Waals surface area contributed by atoms with Gasteiger partial charge in [-0.2, -0.15) is 0 Å². The Hall–Kier alpha value is -5.80. The van der Waals surface area contributed by atoms with E-state index < -0.39 is 144 Å². The lowest BCUT2D eigenvalue weighted by molar-refractivity contribution is -0.688. The van der Waals surface area contributed by atoms with Gasteiger partial charge in [0.1, 0.15) is 52.7 Å². The molecule has 1 nitrogen and oxygen atoms in total. The molecule has 0 saturated heterocycles. The lowest BCUT2D eigenvalue weighted by atomic mass is 9.12. The zero-order valence-electron chi connectivity index (χ0n) is 27.9. The fraction of sp³-hybridized carbons (Fsp3) is 0.0278. The summed E-state index contributed by atoms with van der Waals surface area (Å²) in [5.74, 6) is -71.4. The fourth-order valence-corrected chi connectivity index (χ4v) is 6.43. The monoisotopic (exact) mass is 883 g/mol. The lowest BCUT2D eigenvalue weighted by Gasteiger charge is -2.44. The van der Waals surface area contributed by atoms with Gasteiger partial charge in [-0.3, -0.25) is 0 Å². The quantitative estimate of drug-likeness (QED) is 0.0520. The summed E-state index contributed by atoms with van der Waals surface area (Å²) in [6, 6.07) is 13.9. The highest BCUT2D eigenvalue weighted by Gasteiger charge is 2.52. The Morgan fingerprint density at radius 2 is 0.559 bits per heavy atom. The van der Waals surface area contributed by atoms with Crippen molar-refractivity contribution < 1.29 is 92.4 Å². The number of halogens is 21. The van der Waals surface area contributed by atoms with Crippen LogP contribution < -0.4 is 26.4 Å². The number of hydrogen-bond donors (Lipinski definition) is 0. The Kier molecular flexibility index (Phi) is 12.4. The van der Waals surface area contributed by atoms with Gasteiger partial charge in [0, 0.05) is 17.7 Å². The van der Waals surface area contributed by atoms with E-state index >= 15 is 35.1 Å². The molecule has 5 aromatic carbocycles. The number of nitrogens with zero attached hydrogens (tertiary/aromatic N) is 1. The van der Waals surface area contributed by atoms with Gasteiger partial charge in [-0.25, -0.2) is 92.4 Å². The van der Waals surface area contributed by atoms with Crippen LogP contribution in [0.25, 0.3) is 0 Å². The van der Waals surface area contributed by atoms with Crippen molar-refractivity contribution in [2.75, 3.05) is 0 Å². The van der Waals surface area contributed by atoms with Gasteiger partial charge < -0.3 is 0 Å². The van der Waals surface area contributed by atoms with Gasteiger partial charge in [-0.15, -0.1) is 21.9 Å². The molecule has 0 saturated carbocycles. The third kappa shape index (κ3) is 6.99. The van der Waals surface area contributed by atoms with E-state index in [0.717, 1.165) is 17.1 Å². The molecule has 0 aliphatic heterocycles. The minimum atomic E-state index is -7.22. The third-order valence-corrected chi connectivity index (χ3v) is 9.16. The molecule has 0 aliphatic carbocycles. The van der Waals surface area contributed by atoms with Crippen LogP contribution in [0.2, 0.25) is 5.02 Å². The average Bonchev–Trinajstić information content (AvgIpc) is 3.22. The Morgan fingerprint density at radius 3 is 0.814 bits per heavy atom. The van der Waals surface area contributed by atoms with Crippen LogP contribution in [0.4, 0.5) is 87.8 Å². The molecule has 23 heteroatoms. The predicted octanol–water partition coefficient (Wildman–Crippen LogP) is 8.52. The van der Waals surface area contributed by atoms with Gasteiger partial charge in [0.05, 0.1) is 5.02 Å². The van der Waals surface area contributed by atoms with E-state index in [2.05, 4.69) is 4.57 Å². The SMILES string of the molecule is Clc1ccccc1C[n+]1ccccc1.Fc1c(F)c(F)c([B-](c2c(F)c(F)c(F)c(F)c2F)(c2c(F)c(F)c(F)c(F)c2F)c2c(F)c(F)c(F)c(F)c2F)c(F)c1F. The Labute approximate surface area is 320 Å². The van der Waals surface area contributed by atoms with Crippen LogP contribution in [0.5, 0.6) is 0 Å². The first kappa shape index (κ1) is 44.3. The molecule has 0 radical (unpaired) electrons. The minimum Gasteiger partial charge on any atom is -0.207 e. The molecule has 6 rings (SSSR count). The van der Waals surface area contributed by atoms with Crippen LogP contribution >= 0.6 is 11.6 Å². The number of aromatic nitrogens is 1. The van der Waals surface area contributed by atoms with Gasteiger partial charge in [-0.05, 0) is 6.07 Å². The summed E-state index contributed by atoms with van der Waals surface area (Å²) < 4.78 is 296. The first-order valence-corrected chi connectivity index (χ1v) is 15.8. The molecule has 0 spiro atoms. The van der Waals surface area contributed by atoms with Crippen molar-refractivity contribution in [1.82, 2.24) is 0 Å². The summed E-state index contributed by atoms with van der Waals surface area (Å²) in [5.41, 5.74) is -13.2. The van der Waals surface area contributed by atoms with E-state index in [1.165, 1.54) is 0 Å². The van der Waals surface area contributed by atoms with E-state index in [0.29, 0.717) is 0 Å². The largest absolute Gasteiger partial charge is 0.207 e. The molecule has 59 heavy (non-hydrogen) atoms. The second kappa shape index (κ2) is 16.5. The molecule has 1 heterocycles. The van der Waals surface area contributed by atoms with Crippen LogP contribution in [0.15, 0.2) is 54.9 Å². The summed E-state index contributed by atoms with van der Waals surface area (Å²) in [4.78, 5) is 0. The van der Waals surface area contributed by atoms with Crippen molar-refractivity contribution in [3.05, 3.63) is 182 Å². The van der Waals surface area contributed by atoms with Gasteiger partial charge in [0.2, 0.25) is 0 Å². The van der Waals surface area contributed by atoms with Gasteiger partial charge >= 0.3 is 0 Å². The predicted molar refractivity (Wildman–Crippen MR) is 166 cm³/mol. The van der Waals surface area contributed by atoms with Gasteiger partial charge in [0.25, 0.3) is 0 Å². The number of rotatable bonds is 6. The molecular weight excluding hydrogens is 873 g/mol. The van der Waals surface area contributed by atoms with E-state index in [4.69, 9.17) is 11.6 Å². The summed E-state index contributed by atoms with van der Waals surface area (Å²) in [7, 11) is 0. The van der Waals surface area contributed by atoms with Crippen LogP contribution in [-0.2, 0) is 6.54 Å². The van der Waals surface area contributed by atoms with Crippen molar-refractivity contribution in [3.63, 3.8) is 0 Å². The van der Waals surface area contributed by atoms with Crippen molar-refractivity contribution in [1.29, 1.82) is 0 Å². The molecule has 0 bridgehead atoms. The smallest absolute Gasteiger partial charge is 0.200 e. The van der Waals surface area contributed by atoms with Crippen molar-refractivity contribution in [2.24, 2.45) is 0 Å². The maximum Gasteiger partial charge on any atom is 0.200 e. The van der Waals surface area contributed by atoms with Crippen molar-refractivity contribution >= 4 is 39.6 Å². The van der Waals surface area contributed by atoms with Gasteiger partial charge in [0.15, 0.2) is 88.7 Å². The Balaban J connectivity index is 0.000000395. The summed E-state index contributed by atoms with van der Waals surface area (Å²) in [5, 5.41) is 0.823. The highest BCUT2D eigenvalue weighted by atomic mass is 35.5. The van der Waals surface area contributed by atoms with Crippen molar-refractivity contribution in [3.8, 4) is 0 Å². The molecule has 310 valence electrons. The highest BCUT2D eigenvalue weighted by molar-refractivity contribution is 7.20. The average molecular weight is 884 g/mol. The lowest BCUT2D eigenvalue weighted by Crippen LogP contribution is -2.81. The van der Waals surface area contributed by atoms with E-state index in [9.17, 15) is 52.7 Å². The number of pyridine rings is 1. The molecule has 6 aromatic rings. The molecule has 0 amide bonds. The third-order valence-electron chi connectivity index (χ3n) is 8.80. The van der Waals surface area contributed by atoms with Gasteiger partial charge in [-0.1, -0.05) is 35.9 Å². The zero-order valence-corrected chi connectivity index (χ0v) is 28.6. The maximum atomic E-state index is 15.4. The van der Waals surface area contributed by atoms with Crippen LogP contribution in [0.1, 0.15) is 5.56 Å². The first-order valence-electron chi connectivity index (χ1n) is 15.5. The zero-order chi connectivity index (χ0) is 44.2. The summed E-state index contributed by atoms with van der Waals surface area (Å²) in [6.07, 6.45) is -3.15. The summed E-state index contributed by atoms with van der Waals surface area (Å²) in [6.45, 7) is 0.820. The molecule has 0 unspecified atom stereocenters. The second-order valence-electron chi connectivity index (χ2n) is 11.9. The molecular formula is C36H11BClF20N. The Morgan fingerprint density at radius 1 is 0.322 bits per heavy atom. The van der Waals surface area contributed by atoms with E-state index in [1.807, 2.05) is 54.9 Å². The molecule has 0 fully saturated rings. The topological polar surface area (TPSA) is 3.88 Å². The van der Waals surface area contributed by atoms with E-state index in [1.54, 1.807) is 0 Å². The van der Waals surface area contributed by atoms with Crippen LogP contribution in [-0.4, -0.2) is 6.15 Å². The minimum absolute atomic E-state index is 0.820. The van der Waals surface area contributed by atoms with Crippen molar-refractivity contribution in [2.45, 2.75) is 6.54 Å². The standard InChI is InChI=1S/C24BF20.C12H11ClN/c26-5-1(6(27)14(35)21(42)13(5)34)25(2-7(28)15(36)22(43)16(37)8(2)29,3-9(30)17(38)23(44)18(39)10(3)31)4-11(32)19(40)24(45)20(41)12(4)33;13-12-7-3-2-6-11(12)10-14-8-4-1-5-9-14/h;1-9H,10H2/q-1;+1. The second-order valence-corrected chi connectivity index (χ2v) is 12.3. The molecule has 0 aliphatic rings. The molecule has 0 N–H and O–H groups in total. The normalized spacial score (nSPS) is 11.5.